The number of fused-ring (bicyclic) bond motifs is 1. The third-order valence-electron chi connectivity index (χ3n) is 7.69. The van der Waals surface area contributed by atoms with Gasteiger partial charge in [-0.05, 0) is 61.6 Å². The summed E-state index contributed by atoms with van der Waals surface area (Å²) in [6.45, 7) is 2.08. The number of hydrogen-bond donors (Lipinski definition) is 2. The molecular formula is C27H29ClN3O5+. The first-order valence-electron chi connectivity index (χ1n) is 12.6. The molecule has 2 aromatic carbocycles. The van der Waals surface area contributed by atoms with Crippen LogP contribution >= 0.6 is 11.6 Å². The predicted octanol–water partition coefficient (Wildman–Crippen LogP) is 2.09. The Balaban J connectivity index is 1.08. The molecule has 3 heterocycles. The van der Waals surface area contributed by atoms with Gasteiger partial charge in [-0.2, -0.15) is 0 Å². The lowest BCUT2D eigenvalue weighted by Gasteiger charge is -2.44. The molecule has 0 spiro atoms. The monoisotopic (exact) mass is 510 g/mol. The van der Waals surface area contributed by atoms with Crippen LogP contribution in [-0.2, 0) is 11.3 Å². The topological polar surface area (TPSA) is 93.3 Å². The number of nitrogens with one attached hydrogen (secondary N) is 1. The maximum atomic E-state index is 13.0. The molecule has 3 atom stereocenters. The van der Waals surface area contributed by atoms with Crippen molar-refractivity contribution in [3.05, 3.63) is 58.6 Å². The lowest BCUT2D eigenvalue weighted by molar-refractivity contribution is -0.394. The van der Waals surface area contributed by atoms with E-state index in [1.165, 1.54) is 0 Å². The Hall–Kier alpha value is -3.10. The second-order valence-corrected chi connectivity index (χ2v) is 10.4. The van der Waals surface area contributed by atoms with Gasteiger partial charge in [0.05, 0.1) is 11.4 Å². The first-order chi connectivity index (χ1) is 17.5. The SMILES string of the molecule is O=C1CCC(N2Cc3cc(O[C@@H]4CCC[C@@H]4N4CC(Oc5ccccc5Cl)C4)ccc3C2=O)C(O)=[NH+]1. The third kappa shape index (κ3) is 4.33. The van der Waals surface area contributed by atoms with E-state index in [-0.39, 0.29) is 36.3 Å². The van der Waals surface area contributed by atoms with Crippen molar-refractivity contribution in [3.63, 3.8) is 0 Å². The van der Waals surface area contributed by atoms with Crippen LogP contribution in [0.4, 0.5) is 0 Å². The number of aliphatic hydroxyl groups is 1. The van der Waals surface area contributed by atoms with Gasteiger partial charge in [0, 0.05) is 31.2 Å². The van der Waals surface area contributed by atoms with E-state index in [0.717, 1.165) is 49.4 Å². The van der Waals surface area contributed by atoms with E-state index in [1.807, 2.05) is 42.5 Å². The molecule has 188 valence electrons. The molecule has 1 saturated carbocycles. The zero-order chi connectivity index (χ0) is 24.8. The molecule has 36 heavy (non-hydrogen) atoms. The van der Waals surface area contributed by atoms with Gasteiger partial charge in [0.1, 0.15) is 23.7 Å². The third-order valence-corrected chi connectivity index (χ3v) is 8.01. The summed E-state index contributed by atoms with van der Waals surface area (Å²) in [6.07, 6.45) is 4.10. The van der Waals surface area contributed by atoms with Crippen molar-refractivity contribution < 1.29 is 29.2 Å². The van der Waals surface area contributed by atoms with Crippen LogP contribution in [0, 0.1) is 0 Å². The Morgan fingerprint density at radius 1 is 1.03 bits per heavy atom. The molecule has 0 bridgehead atoms. The number of ether oxygens (including phenoxy) is 2. The number of aliphatic hydroxyl groups excluding tert-OH is 1. The minimum absolute atomic E-state index is 0.0865. The van der Waals surface area contributed by atoms with E-state index in [9.17, 15) is 14.7 Å². The molecule has 0 radical (unpaired) electrons. The van der Waals surface area contributed by atoms with Gasteiger partial charge in [0.2, 0.25) is 0 Å². The molecule has 9 heteroatoms. The van der Waals surface area contributed by atoms with Crippen LogP contribution in [0.15, 0.2) is 42.5 Å². The molecule has 2 N–H and O–H groups in total. The molecule has 2 amide bonds. The summed E-state index contributed by atoms with van der Waals surface area (Å²) >= 11 is 6.23. The van der Waals surface area contributed by atoms with Crippen molar-refractivity contribution in [1.29, 1.82) is 0 Å². The summed E-state index contributed by atoms with van der Waals surface area (Å²) in [5, 5.41) is 10.8. The number of nitrogens with zero attached hydrogens (tertiary/aromatic N) is 2. The van der Waals surface area contributed by atoms with Crippen LogP contribution in [-0.4, -0.2) is 70.0 Å². The van der Waals surface area contributed by atoms with Gasteiger partial charge in [-0.3, -0.25) is 9.69 Å². The van der Waals surface area contributed by atoms with Crippen LogP contribution in [0.1, 0.15) is 48.0 Å². The highest BCUT2D eigenvalue weighted by molar-refractivity contribution is 6.32. The van der Waals surface area contributed by atoms with Gasteiger partial charge < -0.3 is 19.5 Å². The zero-order valence-corrected chi connectivity index (χ0v) is 20.6. The standard InChI is InChI=1S/C27H28ClN3O5/c28-20-4-1-2-6-23(20)36-18-14-30(15-18)21-5-3-7-24(21)35-17-8-9-19-16(12-17)13-31(27(19)34)22-10-11-25(32)29-26(22)33/h1-2,4,6,8-9,12,18,21-22,24H,3,5,7,10-11,13-15H2,(H,29,32,33)/p+1/t21-,22?,24+/m0/s1. The average molecular weight is 511 g/mol. The molecule has 6 rings (SSSR count). The van der Waals surface area contributed by atoms with Gasteiger partial charge in [0.25, 0.3) is 5.91 Å². The average Bonchev–Trinajstić information content (AvgIpc) is 3.41. The van der Waals surface area contributed by atoms with Gasteiger partial charge >= 0.3 is 11.8 Å². The largest absolute Gasteiger partial charge is 0.489 e. The maximum absolute atomic E-state index is 13.0. The summed E-state index contributed by atoms with van der Waals surface area (Å²) in [4.78, 5) is 31.0. The summed E-state index contributed by atoms with van der Waals surface area (Å²) < 4.78 is 12.5. The highest BCUT2D eigenvalue weighted by atomic mass is 35.5. The van der Waals surface area contributed by atoms with Crippen molar-refractivity contribution in [2.45, 2.75) is 62.9 Å². The van der Waals surface area contributed by atoms with Gasteiger partial charge in [-0.1, -0.05) is 23.7 Å². The van der Waals surface area contributed by atoms with Crippen molar-refractivity contribution in [2.24, 2.45) is 0 Å². The van der Waals surface area contributed by atoms with E-state index in [1.54, 1.807) is 4.90 Å². The number of rotatable bonds is 6. The van der Waals surface area contributed by atoms with Crippen LogP contribution in [0.3, 0.4) is 0 Å². The van der Waals surface area contributed by atoms with Gasteiger partial charge in [-0.25, -0.2) is 4.79 Å². The number of hydrogen-bond acceptors (Lipinski definition) is 5. The highest BCUT2D eigenvalue weighted by Crippen LogP contribution is 2.35. The summed E-state index contributed by atoms with van der Waals surface area (Å²) in [5.74, 6) is 0.983. The fourth-order valence-electron chi connectivity index (χ4n) is 5.81. The van der Waals surface area contributed by atoms with Gasteiger partial charge in [0.15, 0.2) is 6.04 Å². The summed E-state index contributed by atoms with van der Waals surface area (Å²) in [7, 11) is 0. The Morgan fingerprint density at radius 2 is 1.86 bits per heavy atom. The molecule has 1 saturated heterocycles. The number of benzene rings is 2. The second kappa shape index (κ2) is 9.41. The highest BCUT2D eigenvalue weighted by Gasteiger charge is 2.43. The lowest BCUT2D eigenvalue weighted by atomic mass is 10.0. The number of likely N-dealkylation sites (tertiary alicyclic amines) is 1. The second-order valence-electron chi connectivity index (χ2n) is 10.0. The first-order valence-corrected chi connectivity index (χ1v) is 13.0. The minimum Gasteiger partial charge on any atom is -0.489 e. The molecule has 0 aromatic heterocycles. The molecule has 4 aliphatic rings. The molecular weight excluding hydrogens is 482 g/mol. The van der Waals surface area contributed by atoms with Crippen LogP contribution in [0.2, 0.25) is 5.02 Å². The van der Waals surface area contributed by atoms with E-state index in [2.05, 4.69) is 9.89 Å². The molecule has 3 aliphatic heterocycles. The number of para-hydroxylation sites is 1. The summed E-state index contributed by atoms with van der Waals surface area (Å²) in [5.41, 5.74) is 1.51. The lowest BCUT2D eigenvalue weighted by Crippen LogP contribution is -2.82. The van der Waals surface area contributed by atoms with E-state index < -0.39 is 6.04 Å². The van der Waals surface area contributed by atoms with Crippen molar-refractivity contribution in [2.75, 3.05) is 13.1 Å². The fourth-order valence-corrected chi connectivity index (χ4v) is 5.99. The number of carbonyl (C=O) groups is 2. The van der Waals surface area contributed by atoms with Crippen LogP contribution < -0.4 is 14.5 Å². The Morgan fingerprint density at radius 3 is 2.67 bits per heavy atom. The molecule has 2 aromatic rings. The molecule has 1 unspecified atom stereocenters. The number of amides is 2. The smallest absolute Gasteiger partial charge is 0.388 e. The normalized spacial score (nSPS) is 26.5. The quantitative estimate of drug-likeness (QED) is 0.618. The molecule has 1 aliphatic carbocycles. The van der Waals surface area contributed by atoms with Crippen molar-refractivity contribution in [1.82, 2.24) is 9.80 Å². The van der Waals surface area contributed by atoms with Crippen molar-refractivity contribution in [3.8, 4) is 11.5 Å². The van der Waals surface area contributed by atoms with Gasteiger partial charge in [-0.15, -0.1) is 4.99 Å². The summed E-state index contributed by atoms with van der Waals surface area (Å²) in [6, 6.07) is 13.0. The zero-order valence-electron chi connectivity index (χ0n) is 19.9. The Labute approximate surface area is 214 Å². The van der Waals surface area contributed by atoms with Crippen LogP contribution in [0.5, 0.6) is 11.5 Å². The Bertz CT molecular complexity index is 1230. The molecule has 2 fully saturated rings. The van der Waals surface area contributed by atoms with E-state index in [0.29, 0.717) is 29.6 Å². The van der Waals surface area contributed by atoms with Crippen molar-refractivity contribution >= 4 is 29.3 Å². The fraction of sp³-hybridized carbons (Fsp3) is 0.444. The predicted molar refractivity (Wildman–Crippen MR) is 132 cm³/mol. The van der Waals surface area contributed by atoms with Crippen LogP contribution in [0.25, 0.3) is 0 Å². The maximum Gasteiger partial charge on any atom is 0.388 e. The van der Waals surface area contributed by atoms with E-state index >= 15 is 0 Å². The number of carbonyl (C=O) groups excluding carboxylic acids is 2. The first kappa shape index (κ1) is 23.3. The Kier molecular flexibility index (Phi) is 6.09. The van der Waals surface area contributed by atoms with E-state index in [4.69, 9.17) is 21.1 Å². The molecule has 8 nitrogen and oxygen atoms in total. The number of halogens is 1. The minimum atomic E-state index is -0.501.